The number of halogens is 2. The van der Waals surface area contributed by atoms with Gasteiger partial charge in [-0.1, -0.05) is 42.1 Å². The summed E-state index contributed by atoms with van der Waals surface area (Å²) >= 11 is 12.6. The zero-order valence-corrected chi connectivity index (χ0v) is 21.2. The molecule has 1 saturated heterocycles. The third-order valence-electron chi connectivity index (χ3n) is 7.54. The van der Waals surface area contributed by atoms with E-state index in [1.54, 1.807) is 6.07 Å². The number of hydrogen-bond acceptors (Lipinski definition) is 4. The van der Waals surface area contributed by atoms with Crippen LogP contribution >= 0.6 is 23.2 Å². The van der Waals surface area contributed by atoms with Crippen LogP contribution in [0.4, 0.5) is 5.69 Å². The molecule has 1 saturated carbocycles. The van der Waals surface area contributed by atoms with E-state index in [1.807, 2.05) is 27.9 Å². The van der Waals surface area contributed by atoms with Gasteiger partial charge in [-0.2, -0.15) is 5.10 Å². The Hall–Kier alpha value is -2.28. The van der Waals surface area contributed by atoms with Gasteiger partial charge in [0.25, 0.3) is 0 Å². The van der Waals surface area contributed by atoms with Crippen LogP contribution < -0.4 is 10.6 Å². The van der Waals surface area contributed by atoms with Crippen LogP contribution in [0.3, 0.4) is 0 Å². The highest BCUT2D eigenvalue weighted by molar-refractivity contribution is 6.35. The van der Waals surface area contributed by atoms with Crippen molar-refractivity contribution >= 4 is 45.7 Å². The van der Waals surface area contributed by atoms with Crippen LogP contribution in [0.5, 0.6) is 0 Å². The second kappa shape index (κ2) is 9.06. The van der Waals surface area contributed by atoms with Crippen molar-refractivity contribution < 1.29 is 4.79 Å². The molecule has 2 fully saturated rings. The normalized spacial score (nSPS) is 21.3. The van der Waals surface area contributed by atoms with Crippen molar-refractivity contribution in [2.75, 3.05) is 24.5 Å². The molecule has 5 rings (SSSR count). The topological polar surface area (TPSA) is 67.4 Å². The predicted molar refractivity (Wildman–Crippen MR) is 139 cm³/mol. The molecule has 180 valence electrons. The highest BCUT2D eigenvalue weighted by atomic mass is 35.5. The van der Waals surface area contributed by atoms with E-state index in [-0.39, 0.29) is 18.0 Å². The molecule has 3 aromatic rings. The van der Waals surface area contributed by atoms with Crippen LogP contribution in [0.1, 0.15) is 51.1 Å². The second-order valence-electron chi connectivity index (χ2n) is 9.83. The van der Waals surface area contributed by atoms with Crippen molar-refractivity contribution in [3.05, 3.63) is 58.2 Å². The molecule has 2 N–H and O–H groups in total. The summed E-state index contributed by atoms with van der Waals surface area (Å²) in [5, 5.41) is 6.99. The molecule has 1 aromatic heterocycles. The number of anilines is 1. The predicted octanol–water partition coefficient (Wildman–Crippen LogP) is 5.26. The standard InChI is InChI=1S/C26H31Cl2N5O/c1-17-16-31(11-12-32(17)25(34)26(29)9-3-4-10-26)21-7-5-19-15-30-33(24(19)14-21)18(2)22-8-6-20(27)13-23(22)28/h5-8,13-15,17-18H,3-4,9-12,16,29H2,1-2H3/t17-,18?/m1/s1. The maximum atomic E-state index is 13.2. The lowest BCUT2D eigenvalue weighted by atomic mass is 9.95. The van der Waals surface area contributed by atoms with Crippen molar-refractivity contribution in [3.63, 3.8) is 0 Å². The molecule has 2 aromatic carbocycles. The third kappa shape index (κ3) is 4.16. The molecule has 1 unspecified atom stereocenters. The van der Waals surface area contributed by atoms with E-state index in [0.29, 0.717) is 16.6 Å². The molecule has 1 aliphatic carbocycles. The van der Waals surface area contributed by atoms with Gasteiger partial charge < -0.3 is 15.5 Å². The van der Waals surface area contributed by atoms with Gasteiger partial charge >= 0.3 is 0 Å². The fourth-order valence-electron chi connectivity index (χ4n) is 5.50. The lowest BCUT2D eigenvalue weighted by Crippen LogP contribution is -2.61. The summed E-state index contributed by atoms with van der Waals surface area (Å²) in [6, 6.07) is 12.1. The van der Waals surface area contributed by atoms with Gasteiger partial charge in [-0.25, -0.2) is 0 Å². The van der Waals surface area contributed by atoms with E-state index < -0.39 is 5.54 Å². The van der Waals surface area contributed by atoms with Crippen molar-refractivity contribution in [2.24, 2.45) is 5.73 Å². The number of amides is 1. The molecule has 2 heterocycles. The molecule has 2 aliphatic rings. The van der Waals surface area contributed by atoms with E-state index in [9.17, 15) is 4.79 Å². The average molecular weight is 500 g/mol. The summed E-state index contributed by atoms with van der Waals surface area (Å²) < 4.78 is 2.01. The molecule has 0 bridgehead atoms. The molecular weight excluding hydrogens is 469 g/mol. The highest BCUT2D eigenvalue weighted by Gasteiger charge is 2.42. The molecule has 8 heteroatoms. The fourth-order valence-corrected chi connectivity index (χ4v) is 6.07. The Kier molecular flexibility index (Phi) is 6.25. The van der Waals surface area contributed by atoms with E-state index >= 15 is 0 Å². The summed E-state index contributed by atoms with van der Waals surface area (Å²) in [5.41, 5.74) is 8.96. The molecule has 1 amide bonds. The van der Waals surface area contributed by atoms with Gasteiger partial charge in [0.2, 0.25) is 5.91 Å². The minimum Gasteiger partial charge on any atom is -0.368 e. The largest absolute Gasteiger partial charge is 0.368 e. The fraction of sp³-hybridized carbons (Fsp3) is 0.462. The van der Waals surface area contributed by atoms with Crippen molar-refractivity contribution in [1.29, 1.82) is 0 Å². The number of carbonyl (C=O) groups is 1. The van der Waals surface area contributed by atoms with Gasteiger partial charge in [-0.3, -0.25) is 9.48 Å². The Morgan fingerprint density at radius 1 is 1.15 bits per heavy atom. The maximum absolute atomic E-state index is 13.2. The summed E-state index contributed by atoms with van der Waals surface area (Å²) in [7, 11) is 0. The smallest absolute Gasteiger partial charge is 0.243 e. The average Bonchev–Trinajstić information content (AvgIpc) is 3.45. The van der Waals surface area contributed by atoms with E-state index in [4.69, 9.17) is 28.9 Å². The molecule has 0 spiro atoms. The Balaban J connectivity index is 1.37. The first-order valence-corrected chi connectivity index (χ1v) is 12.8. The molecule has 0 radical (unpaired) electrons. The van der Waals surface area contributed by atoms with Crippen molar-refractivity contribution in [3.8, 4) is 0 Å². The van der Waals surface area contributed by atoms with Crippen LogP contribution in [-0.4, -0.2) is 51.8 Å². The number of hydrogen-bond donors (Lipinski definition) is 1. The minimum atomic E-state index is -0.666. The summed E-state index contributed by atoms with van der Waals surface area (Å²) in [5.74, 6) is 0.124. The Morgan fingerprint density at radius 2 is 1.91 bits per heavy atom. The zero-order valence-electron chi connectivity index (χ0n) is 19.7. The number of benzene rings is 2. The lowest BCUT2D eigenvalue weighted by Gasteiger charge is -2.43. The Bertz CT molecular complexity index is 1220. The summed E-state index contributed by atoms with van der Waals surface area (Å²) in [6.45, 7) is 6.46. The van der Waals surface area contributed by atoms with Crippen molar-refractivity contribution in [1.82, 2.24) is 14.7 Å². The summed E-state index contributed by atoms with van der Waals surface area (Å²) in [6.07, 6.45) is 5.58. The lowest BCUT2D eigenvalue weighted by molar-refractivity contribution is -0.139. The van der Waals surface area contributed by atoms with Crippen LogP contribution in [-0.2, 0) is 4.79 Å². The number of aromatic nitrogens is 2. The van der Waals surface area contributed by atoms with E-state index in [2.05, 4.69) is 42.0 Å². The summed E-state index contributed by atoms with van der Waals surface area (Å²) in [4.78, 5) is 17.5. The van der Waals surface area contributed by atoms with Crippen molar-refractivity contribution in [2.45, 2.75) is 57.2 Å². The number of carbonyl (C=O) groups excluding carboxylic acids is 1. The third-order valence-corrected chi connectivity index (χ3v) is 8.10. The Labute approximate surface area is 210 Å². The van der Waals surface area contributed by atoms with Crippen LogP contribution in [0.2, 0.25) is 10.0 Å². The number of fused-ring (bicyclic) bond motifs is 1. The number of rotatable bonds is 4. The van der Waals surface area contributed by atoms with Gasteiger partial charge in [-0.15, -0.1) is 0 Å². The Morgan fingerprint density at radius 3 is 2.62 bits per heavy atom. The van der Waals surface area contributed by atoms with Crippen LogP contribution in [0.25, 0.3) is 10.9 Å². The minimum absolute atomic E-state index is 0.0435. The van der Waals surface area contributed by atoms with Gasteiger partial charge in [0, 0.05) is 46.8 Å². The molecule has 6 nitrogen and oxygen atoms in total. The SMILES string of the molecule is CC(c1ccc(Cl)cc1Cl)n1ncc2ccc(N3CCN(C(=O)C4(N)CCCC4)[C@H](C)C3)cc21. The molecule has 1 aliphatic heterocycles. The quantitative estimate of drug-likeness (QED) is 0.531. The van der Waals surface area contributed by atoms with Gasteiger partial charge in [0.1, 0.15) is 0 Å². The van der Waals surface area contributed by atoms with Gasteiger partial charge in [0.05, 0.1) is 23.3 Å². The van der Waals surface area contributed by atoms with Gasteiger partial charge in [-0.05, 0) is 62.6 Å². The maximum Gasteiger partial charge on any atom is 0.243 e. The second-order valence-corrected chi connectivity index (χ2v) is 10.7. The first-order valence-electron chi connectivity index (χ1n) is 12.0. The van der Waals surface area contributed by atoms with E-state index in [1.165, 1.54) is 0 Å². The number of piperazine rings is 1. The highest BCUT2D eigenvalue weighted by Crippen LogP contribution is 2.33. The van der Waals surface area contributed by atoms with Crippen LogP contribution in [0.15, 0.2) is 42.6 Å². The number of nitrogens with two attached hydrogens (primary N) is 1. The molecular formula is C26H31Cl2N5O. The van der Waals surface area contributed by atoms with E-state index in [0.717, 1.165) is 60.9 Å². The first kappa shape index (κ1) is 23.5. The molecule has 2 atom stereocenters. The molecule has 34 heavy (non-hydrogen) atoms. The zero-order chi connectivity index (χ0) is 24.0. The first-order chi connectivity index (χ1) is 16.3. The van der Waals surface area contributed by atoms with Gasteiger partial charge in [0.15, 0.2) is 0 Å². The van der Waals surface area contributed by atoms with Crippen LogP contribution in [0, 0.1) is 0 Å². The number of nitrogens with zero attached hydrogens (tertiary/aromatic N) is 4. The monoisotopic (exact) mass is 499 g/mol.